The number of carbonyl (C=O) groups is 2. The summed E-state index contributed by atoms with van der Waals surface area (Å²) in [7, 11) is 1.64. The van der Waals surface area contributed by atoms with E-state index in [2.05, 4.69) is 6.07 Å². The highest BCUT2D eigenvalue weighted by atomic mass is 16.5. The zero-order valence-corrected chi connectivity index (χ0v) is 16.7. The van der Waals surface area contributed by atoms with Crippen LogP contribution >= 0.6 is 0 Å². The summed E-state index contributed by atoms with van der Waals surface area (Å²) in [6.07, 6.45) is 4.26. The normalized spacial score (nSPS) is 15.3. The van der Waals surface area contributed by atoms with Gasteiger partial charge >= 0.3 is 5.97 Å². The lowest BCUT2D eigenvalue weighted by atomic mass is 9.81. The van der Waals surface area contributed by atoms with Gasteiger partial charge in [-0.05, 0) is 24.0 Å². The lowest BCUT2D eigenvalue weighted by Gasteiger charge is -2.38. The monoisotopic (exact) mass is 390 g/mol. The molecule has 0 heterocycles. The summed E-state index contributed by atoms with van der Waals surface area (Å²) >= 11 is 0. The summed E-state index contributed by atoms with van der Waals surface area (Å²) in [6, 6.07) is 21.1. The molecule has 0 aromatic heterocycles. The maximum absolute atomic E-state index is 12.9. The summed E-state index contributed by atoms with van der Waals surface area (Å²) in [4.78, 5) is 27.1. The van der Waals surface area contributed by atoms with Crippen LogP contribution in [0.4, 0.5) is 0 Å². The van der Waals surface area contributed by atoms with Gasteiger partial charge in [-0.25, -0.2) is 0 Å². The Labute approximate surface area is 171 Å². The maximum atomic E-state index is 12.9. The third kappa shape index (κ3) is 4.65. The average Bonchev–Trinajstić information content (AvgIpc) is 2.79. The molecular weight excluding hydrogens is 364 g/mol. The van der Waals surface area contributed by atoms with Crippen molar-refractivity contribution in [2.45, 2.75) is 43.6 Å². The van der Waals surface area contributed by atoms with E-state index in [1.54, 1.807) is 7.05 Å². The van der Waals surface area contributed by atoms with E-state index >= 15 is 0 Å². The molecular formula is C24H26N2O3. The first-order chi connectivity index (χ1) is 14.1. The third-order valence-electron chi connectivity index (χ3n) is 5.74. The van der Waals surface area contributed by atoms with Crippen LogP contribution in [0.2, 0.25) is 0 Å². The van der Waals surface area contributed by atoms with Crippen molar-refractivity contribution in [3.8, 4) is 6.07 Å². The summed E-state index contributed by atoms with van der Waals surface area (Å²) in [5.74, 6) is -1.42. The summed E-state index contributed by atoms with van der Waals surface area (Å²) < 4.78 is 5.44. The van der Waals surface area contributed by atoms with Crippen molar-refractivity contribution in [2.24, 2.45) is 0 Å². The van der Waals surface area contributed by atoms with Crippen molar-refractivity contribution in [2.75, 3.05) is 13.7 Å². The Morgan fingerprint density at radius 3 is 2.00 bits per heavy atom. The summed E-state index contributed by atoms with van der Waals surface area (Å²) in [5.41, 5.74) is 0.829. The summed E-state index contributed by atoms with van der Waals surface area (Å²) in [5, 5.41) is 9.67. The fraction of sp³-hybridized carbons (Fsp3) is 0.375. The SMILES string of the molecule is CN(C(=O)COC(=O)C(c1ccccc1)c1ccccc1)C1(C#N)CCCCC1. The number of ether oxygens (including phenoxy) is 1. The zero-order valence-electron chi connectivity index (χ0n) is 16.7. The molecule has 0 N–H and O–H groups in total. The third-order valence-corrected chi connectivity index (χ3v) is 5.74. The molecule has 5 heteroatoms. The molecule has 0 radical (unpaired) electrons. The summed E-state index contributed by atoms with van der Waals surface area (Å²) in [6.45, 7) is -0.366. The Hall–Kier alpha value is -3.13. The van der Waals surface area contributed by atoms with Crippen LogP contribution in [0.3, 0.4) is 0 Å². The van der Waals surface area contributed by atoms with Crippen molar-refractivity contribution in [1.29, 1.82) is 5.26 Å². The number of carbonyl (C=O) groups excluding carboxylic acids is 2. The molecule has 0 bridgehead atoms. The smallest absolute Gasteiger partial charge is 0.318 e. The first-order valence-electron chi connectivity index (χ1n) is 10.0. The lowest BCUT2D eigenvalue weighted by molar-refractivity contribution is -0.154. The fourth-order valence-corrected chi connectivity index (χ4v) is 3.97. The first-order valence-corrected chi connectivity index (χ1v) is 10.0. The van der Waals surface area contributed by atoms with Crippen molar-refractivity contribution in [1.82, 2.24) is 4.90 Å². The molecule has 0 aliphatic heterocycles. The Kier molecular flexibility index (Phi) is 6.66. The van der Waals surface area contributed by atoms with Gasteiger partial charge in [0.05, 0.1) is 6.07 Å². The number of amides is 1. The van der Waals surface area contributed by atoms with E-state index in [0.717, 1.165) is 30.4 Å². The fourth-order valence-electron chi connectivity index (χ4n) is 3.97. The van der Waals surface area contributed by atoms with Gasteiger partial charge in [0, 0.05) is 7.05 Å². The minimum atomic E-state index is -0.792. The van der Waals surface area contributed by atoms with Crippen LogP contribution in [-0.4, -0.2) is 36.0 Å². The van der Waals surface area contributed by atoms with Gasteiger partial charge in [0.2, 0.25) is 0 Å². The Morgan fingerprint density at radius 1 is 1.00 bits per heavy atom. The molecule has 1 saturated carbocycles. The molecule has 29 heavy (non-hydrogen) atoms. The molecule has 2 aromatic carbocycles. The van der Waals surface area contributed by atoms with Gasteiger partial charge in [0.1, 0.15) is 11.5 Å². The zero-order chi connectivity index (χ0) is 20.7. The number of hydrogen-bond acceptors (Lipinski definition) is 4. The van der Waals surface area contributed by atoms with E-state index < -0.39 is 17.4 Å². The van der Waals surface area contributed by atoms with Crippen LogP contribution in [0.15, 0.2) is 60.7 Å². The Bertz CT molecular complexity index is 829. The van der Waals surface area contributed by atoms with Gasteiger partial charge in [0.25, 0.3) is 5.91 Å². The molecule has 0 spiro atoms. The van der Waals surface area contributed by atoms with Gasteiger partial charge in [-0.2, -0.15) is 5.26 Å². The first kappa shape index (κ1) is 20.6. The molecule has 1 aliphatic carbocycles. The van der Waals surface area contributed by atoms with Crippen LogP contribution < -0.4 is 0 Å². The highest BCUT2D eigenvalue weighted by Crippen LogP contribution is 2.32. The molecule has 0 unspecified atom stereocenters. The van der Waals surface area contributed by atoms with Crippen LogP contribution in [-0.2, 0) is 14.3 Å². The number of nitriles is 1. The number of likely N-dealkylation sites (N-methyl/N-ethyl adjacent to an activating group) is 1. The van der Waals surface area contributed by atoms with Crippen LogP contribution in [0, 0.1) is 11.3 Å². The molecule has 1 amide bonds. The molecule has 0 atom stereocenters. The van der Waals surface area contributed by atoms with Gasteiger partial charge in [-0.3, -0.25) is 9.59 Å². The molecule has 1 aliphatic rings. The number of hydrogen-bond donors (Lipinski definition) is 0. The van der Waals surface area contributed by atoms with E-state index in [9.17, 15) is 14.9 Å². The highest BCUT2D eigenvalue weighted by molar-refractivity contribution is 5.86. The van der Waals surface area contributed by atoms with Gasteiger partial charge in [0.15, 0.2) is 6.61 Å². The van der Waals surface area contributed by atoms with Gasteiger partial charge in [-0.15, -0.1) is 0 Å². The average molecular weight is 390 g/mol. The number of nitrogens with zero attached hydrogens (tertiary/aromatic N) is 2. The molecule has 150 valence electrons. The van der Waals surface area contributed by atoms with E-state index in [-0.39, 0.29) is 12.5 Å². The maximum Gasteiger partial charge on any atom is 0.318 e. The van der Waals surface area contributed by atoms with E-state index in [0.29, 0.717) is 12.8 Å². The predicted molar refractivity (Wildman–Crippen MR) is 110 cm³/mol. The van der Waals surface area contributed by atoms with Crippen molar-refractivity contribution in [3.63, 3.8) is 0 Å². The number of benzene rings is 2. The number of rotatable bonds is 6. The standard InChI is InChI=1S/C24H26N2O3/c1-26(24(18-25)15-9-4-10-16-24)21(27)17-29-23(28)22(19-11-5-2-6-12-19)20-13-7-3-8-14-20/h2-3,5-8,11-14,22H,4,9-10,15-17H2,1H3. The second-order valence-electron chi connectivity index (χ2n) is 7.52. The molecule has 2 aromatic rings. The largest absolute Gasteiger partial charge is 0.455 e. The number of esters is 1. The lowest BCUT2D eigenvalue weighted by Crippen LogP contribution is -2.51. The van der Waals surface area contributed by atoms with E-state index in [1.807, 2.05) is 60.7 Å². The highest BCUT2D eigenvalue weighted by Gasteiger charge is 2.39. The molecule has 3 rings (SSSR count). The van der Waals surface area contributed by atoms with Crippen molar-refractivity contribution < 1.29 is 14.3 Å². The minimum absolute atomic E-state index is 0.346. The van der Waals surface area contributed by atoms with Crippen LogP contribution in [0.5, 0.6) is 0 Å². The molecule has 0 saturated heterocycles. The van der Waals surface area contributed by atoms with Gasteiger partial charge < -0.3 is 9.64 Å². The topological polar surface area (TPSA) is 70.4 Å². The van der Waals surface area contributed by atoms with Crippen LogP contribution in [0.25, 0.3) is 0 Å². The Morgan fingerprint density at radius 2 is 1.52 bits per heavy atom. The Balaban J connectivity index is 1.72. The minimum Gasteiger partial charge on any atom is -0.455 e. The van der Waals surface area contributed by atoms with Gasteiger partial charge in [-0.1, -0.05) is 79.9 Å². The van der Waals surface area contributed by atoms with E-state index in [1.165, 1.54) is 4.90 Å². The van der Waals surface area contributed by atoms with E-state index in [4.69, 9.17) is 4.74 Å². The quantitative estimate of drug-likeness (QED) is 0.698. The second kappa shape index (κ2) is 9.38. The molecule has 1 fully saturated rings. The van der Waals surface area contributed by atoms with Crippen LogP contribution in [0.1, 0.15) is 49.1 Å². The molecule has 5 nitrogen and oxygen atoms in total. The predicted octanol–water partition coefficient (Wildman–Crippen LogP) is 4.05. The van der Waals surface area contributed by atoms with Crippen molar-refractivity contribution >= 4 is 11.9 Å². The second-order valence-corrected chi connectivity index (χ2v) is 7.52. The van der Waals surface area contributed by atoms with Crippen molar-refractivity contribution in [3.05, 3.63) is 71.8 Å².